The first-order valence-corrected chi connectivity index (χ1v) is 5.60. The van der Waals surface area contributed by atoms with Crippen LogP contribution in [0.2, 0.25) is 5.02 Å². The van der Waals surface area contributed by atoms with Crippen molar-refractivity contribution < 1.29 is 18.3 Å². The molecule has 2 aromatic rings. The van der Waals surface area contributed by atoms with Crippen molar-refractivity contribution in [2.75, 3.05) is 7.11 Å². The van der Waals surface area contributed by atoms with E-state index < -0.39 is 17.6 Å². The van der Waals surface area contributed by atoms with Crippen LogP contribution in [0, 0.1) is 11.6 Å². The number of carbonyl (C=O) groups excluding carboxylic acids is 1. The van der Waals surface area contributed by atoms with Gasteiger partial charge in [0, 0.05) is 16.8 Å². The summed E-state index contributed by atoms with van der Waals surface area (Å²) in [5.41, 5.74) is -0.717. The Hall–Kier alpha value is -2.01. The molecule has 0 aliphatic rings. The second-order valence-electron chi connectivity index (χ2n) is 3.64. The summed E-state index contributed by atoms with van der Waals surface area (Å²) in [6.45, 7) is 0. The monoisotopic (exact) mass is 283 g/mol. The zero-order valence-corrected chi connectivity index (χ0v) is 10.5. The molecule has 6 heteroatoms. The lowest BCUT2D eigenvalue weighted by atomic mass is 10.1. The van der Waals surface area contributed by atoms with Crippen LogP contribution < -0.4 is 0 Å². The standard InChI is InChI=1S/C13H8ClF2NO2/c1-19-13(18)8-4-5-17-12(11(8)16)9-6-7(14)2-3-10(9)15/h2-6H,1H3. The minimum Gasteiger partial charge on any atom is -0.465 e. The molecule has 3 nitrogen and oxygen atoms in total. The number of aromatic nitrogens is 1. The van der Waals surface area contributed by atoms with Gasteiger partial charge in [-0.25, -0.2) is 13.6 Å². The van der Waals surface area contributed by atoms with Gasteiger partial charge in [-0.3, -0.25) is 4.98 Å². The van der Waals surface area contributed by atoms with Crippen LogP contribution in [0.15, 0.2) is 30.5 Å². The van der Waals surface area contributed by atoms with Crippen molar-refractivity contribution >= 4 is 17.6 Å². The SMILES string of the molecule is COC(=O)c1ccnc(-c2cc(Cl)ccc2F)c1F. The quantitative estimate of drug-likeness (QED) is 0.792. The number of halogens is 3. The summed E-state index contributed by atoms with van der Waals surface area (Å²) in [6, 6.07) is 4.84. The maximum atomic E-state index is 14.1. The lowest BCUT2D eigenvalue weighted by molar-refractivity contribution is 0.0595. The summed E-state index contributed by atoms with van der Waals surface area (Å²) in [5.74, 6) is -2.49. The van der Waals surface area contributed by atoms with E-state index in [0.29, 0.717) is 0 Å². The fourth-order valence-corrected chi connectivity index (χ4v) is 1.75. The second-order valence-corrected chi connectivity index (χ2v) is 4.07. The smallest absolute Gasteiger partial charge is 0.340 e. The van der Waals surface area contributed by atoms with Crippen molar-refractivity contribution in [1.82, 2.24) is 4.98 Å². The first-order valence-electron chi connectivity index (χ1n) is 5.23. The third-order valence-electron chi connectivity index (χ3n) is 2.48. The lowest BCUT2D eigenvalue weighted by Gasteiger charge is -2.07. The number of carbonyl (C=O) groups is 1. The summed E-state index contributed by atoms with van der Waals surface area (Å²) in [7, 11) is 1.13. The molecule has 98 valence electrons. The third kappa shape index (κ3) is 2.56. The van der Waals surface area contributed by atoms with Gasteiger partial charge >= 0.3 is 5.97 Å². The minimum atomic E-state index is -0.949. The Morgan fingerprint density at radius 1 is 1.32 bits per heavy atom. The van der Waals surface area contributed by atoms with E-state index in [9.17, 15) is 13.6 Å². The number of pyridine rings is 1. The number of ether oxygens (including phenoxy) is 1. The van der Waals surface area contributed by atoms with Crippen molar-refractivity contribution in [2.45, 2.75) is 0 Å². The van der Waals surface area contributed by atoms with Gasteiger partial charge < -0.3 is 4.74 Å². The first-order chi connectivity index (χ1) is 9.04. The number of rotatable bonds is 2. The van der Waals surface area contributed by atoms with Crippen LogP contribution in [0.25, 0.3) is 11.3 Å². The number of nitrogens with zero attached hydrogens (tertiary/aromatic N) is 1. The molecule has 0 atom stereocenters. The molecule has 0 amide bonds. The molecule has 0 saturated carbocycles. The highest BCUT2D eigenvalue weighted by Crippen LogP contribution is 2.28. The van der Waals surface area contributed by atoms with Gasteiger partial charge in [0.25, 0.3) is 0 Å². The van der Waals surface area contributed by atoms with E-state index in [1.807, 2.05) is 0 Å². The Morgan fingerprint density at radius 2 is 2.05 bits per heavy atom. The predicted octanol–water partition coefficient (Wildman–Crippen LogP) is 3.47. The summed E-state index contributed by atoms with van der Waals surface area (Å²) in [5, 5.41) is 0.237. The van der Waals surface area contributed by atoms with E-state index >= 15 is 0 Å². The van der Waals surface area contributed by atoms with Crippen LogP contribution >= 0.6 is 11.6 Å². The minimum absolute atomic E-state index is 0.115. The van der Waals surface area contributed by atoms with Gasteiger partial charge in [-0.2, -0.15) is 0 Å². The number of hydrogen-bond acceptors (Lipinski definition) is 3. The molecule has 0 fully saturated rings. The third-order valence-corrected chi connectivity index (χ3v) is 2.71. The van der Waals surface area contributed by atoms with E-state index in [4.69, 9.17) is 11.6 Å². The summed E-state index contributed by atoms with van der Waals surface area (Å²) in [6.07, 6.45) is 1.20. The molecule has 2 rings (SSSR count). The van der Waals surface area contributed by atoms with Crippen LogP contribution in [0.4, 0.5) is 8.78 Å². The second kappa shape index (κ2) is 5.32. The molecule has 0 radical (unpaired) electrons. The van der Waals surface area contributed by atoms with E-state index in [2.05, 4.69) is 9.72 Å². The highest BCUT2D eigenvalue weighted by molar-refractivity contribution is 6.30. The number of methoxy groups -OCH3 is 1. The Labute approximate surface area is 112 Å². The zero-order chi connectivity index (χ0) is 14.0. The lowest BCUT2D eigenvalue weighted by Crippen LogP contribution is -2.06. The number of hydrogen-bond donors (Lipinski definition) is 0. The van der Waals surface area contributed by atoms with Crippen LogP contribution in [0.3, 0.4) is 0 Å². The average molecular weight is 284 g/mol. The Morgan fingerprint density at radius 3 is 2.74 bits per heavy atom. The van der Waals surface area contributed by atoms with Gasteiger partial charge in [-0.05, 0) is 24.3 Å². The first kappa shape index (κ1) is 13.4. The summed E-state index contributed by atoms with van der Waals surface area (Å²) in [4.78, 5) is 15.1. The maximum absolute atomic E-state index is 14.1. The van der Waals surface area contributed by atoms with Gasteiger partial charge in [0.2, 0.25) is 0 Å². The highest BCUT2D eigenvalue weighted by atomic mass is 35.5. The average Bonchev–Trinajstić information content (AvgIpc) is 2.41. The van der Waals surface area contributed by atoms with Gasteiger partial charge in [-0.1, -0.05) is 11.6 Å². The highest BCUT2D eigenvalue weighted by Gasteiger charge is 2.19. The molecule has 0 saturated heterocycles. The summed E-state index contributed by atoms with van der Waals surface area (Å²) < 4.78 is 32.2. The van der Waals surface area contributed by atoms with E-state index in [0.717, 1.165) is 19.2 Å². The van der Waals surface area contributed by atoms with Crippen molar-refractivity contribution in [3.63, 3.8) is 0 Å². The molecule has 1 aromatic carbocycles. The van der Waals surface area contributed by atoms with Crippen LogP contribution in [-0.4, -0.2) is 18.1 Å². The topological polar surface area (TPSA) is 39.2 Å². The van der Waals surface area contributed by atoms with E-state index in [1.165, 1.54) is 18.3 Å². The maximum Gasteiger partial charge on any atom is 0.340 e. The molecule has 0 aliphatic carbocycles. The largest absolute Gasteiger partial charge is 0.465 e. The Bertz CT molecular complexity index is 647. The van der Waals surface area contributed by atoms with Gasteiger partial charge in [0.05, 0.1) is 12.7 Å². The predicted molar refractivity (Wildman–Crippen MR) is 65.9 cm³/mol. The Balaban J connectivity index is 2.63. The fourth-order valence-electron chi connectivity index (χ4n) is 1.58. The van der Waals surface area contributed by atoms with E-state index in [-0.39, 0.29) is 21.8 Å². The van der Waals surface area contributed by atoms with Crippen molar-refractivity contribution in [3.05, 3.63) is 52.7 Å². The Kier molecular flexibility index (Phi) is 3.76. The molecule has 0 unspecified atom stereocenters. The van der Waals surface area contributed by atoms with Crippen LogP contribution in [0.1, 0.15) is 10.4 Å². The molecular formula is C13H8ClF2NO2. The molecule has 0 N–H and O–H groups in total. The van der Waals surface area contributed by atoms with Crippen LogP contribution in [-0.2, 0) is 4.74 Å². The van der Waals surface area contributed by atoms with Gasteiger partial charge in [-0.15, -0.1) is 0 Å². The number of benzene rings is 1. The van der Waals surface area contributed by atoms with Gasteiger partial charge in [0.1, 0.15) is 11.5 Å². The summed E-state index contributed by atoms with van der Waals surface area (Å²) >= 11 is 5.74. The molecule has 0 bridgehead atoms. The number of esters is 1. The fraction of sp³-hybridized carbons (Fsp3) is 0.0769. The van der Waals surface area contributed by atoms with Crippen molar-refractivity contribution in [3.8, 4) is 11.3 Å². The van der Waals surface area contributed by atoms with Crippen molar-refractivity contribution in [2.24, 2.45) is 0 Å². The normalized spacial score (nSPS) is 10.3. The van der Waals surface area contributed by atoms with Crippen LogP contribution in [0.5, 0.6) is 0 Å². The zero-order valence-electron chi connectivity index (χ0n) is 9.78. The van der Waals surface area contributed by atoms with Gasteiger partial charge in [0.15, 0.2) is 5.82 Å². The molecular weight excluding hydrogens is 276 g/mol. The van der Waals surface area contributed by atoms with E-state index in [1.54, 1.807) is 0 Å². The molecule has 19 heavy (non-hydrogen) atoms. The molecule has 0 spiro atoms. The molecule has 1 heterocycles. The van der Waals surface area contributed by atoms with Crippen molar-refractivity contribution in [1.29, 1.82) is 0 Å². The molecule has 0 aliphatic heterocycles. The molecule has 1 aromatic heterocycles.